The maximum absolute atomic E-state index is 9.27. The molecular weight excluding hydrogens is 214 g/mol. The monoisotopic (exact) mass is 235 g/mol. The zero-order chi connectivity index (χ0) is 13.3. The van der Waals surface area contributed by atoms with Gasteiger partial charge in [0.05, 0.1) is 6.04 Å². The van der Waals surface area contributed by atoms with Crippen molar-refractivity contribution in [1.82, 2.24) is 5.32 Å². The highest BCUT2D eigenvalue weighted by molar-refractivity contribution is 5.44. The summed E-state index contributed by atoms with van der Waals surface area (Å²) >= 11 is 0. The van der Waals surface area contributed by atoms with Crippen molar-refractivity contribution < 1.29 is 9.90 Å². The lowest BCUT2D eigenvalue weighted by Gasteiger charge is -2.14. The van der Waals surface area contributed by atoms with Crippen molar-refractivity contribution in [2.45, 2.75) is 26.3 Å². The Morgan fingerprint density at radius 1 is 1.47 bits per heavy atom. The topological polar surface area (TPSA) is 49.3 Å². The van der Waals surface area contributed by atoms with Gasteiger partial charge >= 0.3 is 0 Å². The highest BCUT2D eigenvalue weighted by atomic mass is 16.3. The van der Waals surface area contributed by atoms with Gasteiger partial charge < -0.3 is 15.2 Å². The van der Waals surface area contributed by atoms with Gasteiger partial charge in [-0.2, -0.15) is 0 Å². The second-order valence-electron chi connectivity index (χ2n) is 3.76. The predicted molar refractivity (Wildman–Crippen MR) is 71.2 cm³/mol. The van der Waals surface area contributed by atoms with E-state index in [9.17, 15) is 5.11 Å². The Morgan fingerprint density at radius 3 is 2.29 bits per heavy atom. The van der Waals surface area contributed by atoms with Crippen LogP contribution in [0.25, 0.3) is 0 Å². The van der Waals surface area contributed by atoms with E-state index < -0.39 is 0 Å². The summed E-state index contributed by atoms with van der Waals surface area (Å²) in [6.07, 6.45) is 1.52. The number of aliphatic hydroxyl groups excluding tert-OH is 1. The van der Waals surface area contributed by atoms with Gasteiger partial charge in [-0.1, -0.05) is 36.4 Å². The first-order valence-corrected chi connectivity index (χ1v) is 5.55. The summed E-state index contributed by atoms with van der Waals surface area (Å²) in [4.78, 5) is 8.81. The van der Waals surface area contributed by atoms with Crippen LogP contribution in [0.5, 0.6) is 0 Å². The summed E-state index contributed by atoms with van der Waals surface area (Å²) in [5, 5.41) is 12.3. The van der Waals surface area contributed by atoms with E-state index in [0.717, 1.165) is 12.7 Å². The van der Waals surface area contributed by atoms with Crippen LogP contribution in [0.3, 0.4) is 0 Å². The minimum absolute atomic E-state index is 0.0577. The van der Waals surface area contributed by atoms with Gasteiger partial charge in [-0.15, -0.1) is 0 Å². The largest absolute Gasteiger partial charge is 0.511 e. The summed E-state index contributed by atoms with van der Waals surface area (Å²) in [6, 6.07) is 8.23. The second-order valence-corrected chi connectivity index (χ2v) is 3.76. The molecule has 0 heterocycles. The normalized spacial score (nSPS) is 11.0. The number of nitrogens with one attached hydrogen (secondary N) is 1. The van der Waals surface area contributed by atoms with Crippen molar-refractivity contribution in [2.24, 2.45) is 0 Å². The standard InChI is InChI=1S/C12H17NO.C2H4O/c1-9-4-6-11(7-5-9)8-12(13-3)10(2)14;1-2-3/h4-7,12-14H,2,8H2,1,3H3;2H,1H3/t12-;/m0./s1. The summed E-state index contributed by atoms with van der Waals surface area (Å²) in [5.41, 5.74) is 2.45. The Morgan fingerprint density at radius 2 is 1.94 bits per heavy atom. The number of carbonyl (C=O) groups is 1. The molecular formula is C14H21NO2. The molecule has 0 saturated heterocycles. The average Bonchev–Trinajstić information content (AvgIpc) is 2.29. The molecule has 0 bridgehead atoms. The van der Waals surface area contributed by atoms with E-state index in [2.05, 4.69) is 43.1 Å². The molecule has 0 saturated carbocycles. The fraction of sp³-hybridized carbons (Fsp3) is 0.357. The second kappa shape index (κ2) is 8.53. The zero-order valence-corrected chi connectivity index (χ0v) is 10.7. The Kier molecular flexibility index (Phi) is 7.72. The van der Waals surface area contributed by atoms with Crippen LogP contribution in [0.15, 0.2) is 36.6 Å². The molecule has 2 N–H and O–H groups in total. The highest BCUT2D eigenvalue weighted by Gasteiger charge is 2.09. The van der Waals surface area contributed by atoms with Gasteiger partial charge in [0.25, 0.3) is 0 Å². The molecule has 0 spiro atoms. The van der Waals surface area contributed by atoms with Crippen LogP contribution in [-0.4, -0.2) is 24.5 Å². The van der Waals surface area contributed by atoms with Crippen LogP contribution in [0.2, 0.25) is 0 Å². The molecule has 0 aliphatic heterocycles. The van der Waals surface area contributed by atoms with E-state index in [-0.39, 0.29) is 11.8 Å². The lowest BCUT2D eigenvalue weighted by atomic mass is 10.0. The summed E-state index contributed by atoms with van der Waals surface area (Å²) in [6.45, 7) is 7.04. The number of rotatable bonds is 4. The van der Waals surface area contributed by atoms with Crippen LogP contribution >= 0.6 is 0 Å². The van der Waals surface area contributed by atoms with Crippen molar-refractivity contribution in [2.75, 3.05) is 7.05 Å². The third-order valence-electron chi connectivity index (χ3n) is 2.31. The maximum Gasteiger partial charge on any atom is 0.116 e. The molecule has 0 unspecified atom stereocenters. The van der Waals surface area contributed by atoms with E-state index in [0.29, 0.717) is 0 Å². The summed E-state index contributed by atoms with van der Waals surface area (Å²) < 4.78 is 0. The number of carbonyl (C=O) groups excluding carboxylic acids is 1. The van der Waals surface area contributed by atoms with E-state index in [4.69, 9.17) is 4.79 Å². The van der Waals surface area contributed by atoms with Gasteiger partial charge in [0.1, 0.15) is 12.0 Å². The quantitative estimate of drug-likeness (QED) is 0.622. The molecule has 3 nitrogen and oxygen atoms in total. The molecule has 0 aliphatic rings. The number of aliphatic hydroxyl groups is 1. The molecule has 0 amide bonds. The van der Waals surface area contributed by atoms with Gasteiger partial charge in [-0.05, 0) is 32.9 Å². The lowest BCUT2D eigenvalue weighted by Crippen LogP contribution is -2.29. The Labute approximate surface area is 103 Å². The maximum atomic E-state index is 9.27. The Balaban J connectivity index is 0.000000770. The molecule has 0 radical (unpaired) electrons. The first-order chi connectivity index (χ1) is 8.04. The Bertz CT molecular complexity index is 344. The van der Waals surface area contributed by atoms with Crippen LogP contribution in [0.1, 0.15) is 18.1 Å². The molecule has 3 heteroatoms. The molecule has 1 aromatic carbocycles. The molecule has 0 aliphatic carbocycles. The number of hydrogen-bond donors (Lipinski definition) is 2. The zero-order valence-electron chi connectivity index (χ0n) is 10.7. The van der Waals surface area contributed by atoms with Gasteiger partial charge in [-0.3, -0.25) is 0 Å². The first-order valence-electron chi connectivity index (χ1n) is 5.55. The summed E-state index contributed by atoms with van der Waals surface area (Å²) in [5.74, 6) is 0.188. The number of hydrogen-bond acceptors (Lipinski definition) is 3. The summed E-state index contributed by atoms with van der Waals surface area (Å²) in [7, 11) is 1.82. The average molecular weight is 235 g/mol. The number of aldehydes is 1. The highest BCUT2D eigenvalue weighted by Crippen LogP contribution is 2.08. The van der Waals surface area contributed by atoms with Crippen LogP contribution < -0.4 is 5.32 Å². The first kappa shape index (κ1) is 15.4. The fourth-order valence-electron chi connectivity index (χ4n) is 1.35. The predicted octanol–water partition coefficient (Wildman–Crippen LogP) is 2.40. The van der Waals surface area contributed by atoms with Crippen molar-refractivity contribution in [3.63, 3.8) is 0 Å². The van der Waals surface area contributed by atoms with Crippen molar-refractivity contribution in [1.29, 1.82) is 0 Å². The fourth-order valence-corrected chi connectivity index (χ4v) is 1.35. The number of benzene rings is 1. The van der Waals surface area contributed by atoms with Gasteiger partial charge in [0.2, 0.25) is 0 Å². The lowest BCUT2D eigenvalue weighted by molar-refractivity contribution is -0.106. The number of likely N-dealkylation sites (N-methyl/N-ethyl adjacent to an activating group) is 1. The third kappa shape index (κ3) is 6.53. The van der Waals surface area contributed by atoms with E-state index >= 15 is 0 Å². The van der Waals surface area contributed by atoms with E-state index in [1.807, 2.05) is 7.05 Å². The van der Waals surface area contributed by atoms with Gasteiger partial charge in [-0.25, -0.2) is 0 Å². The van der Waals surface area contributed by atoms with Crippen LogP contribution in [0, 0.1) is 6.92 Å². The molecule has 0 fully saturated rings. The molecule has 94 valence electrons. The minimum atomic E-state index is -0.0577. The molecule has 0 aromatic heterocycles. The van der Waals surface area contributed by atoms with Crippen molar-refractivity contribution in [3.8, 4) is 0 Å². The van der Waals surface area contributed by atoms with E-state index in [1.54, 1.807) is 0 Å². The molecule has 1 atom stereocenters. The van der Waals surface area contributed by atoms with E-state index in [1.165, 1.54) is 18.1 Å². The number of aryl methyl sites for hydroxylation is 1. The Hall–Kier alpha value is -1.61. The smallest absolute Gasteiger partial charge is 0.116 e. The van der Waals surface area contributed by atoms with Crippen molar-refractivity contribution in [3.05, 3.63) is 47.7 Å². The van der Waals surface area contributed by atoms with Crippen LogP contribution in [0.4, 0.5) is 0 Å². The SMILES string of the molecule is C=C(O)[C@H](Cc1ccc(C)cc1)NC.CC=O. The molecule has 1 rings (SSSR count). The molecule has 17 heavy (non-hydrogen) atoms. The van der Waals surface area contributed by atoms with Crippen LogP contribution in [-0.2, 0) is 11.2 Å². The van der Waals surface area contributed by atoms with Gasteiger partial charge in [0, 0.05) is 0 Å². The van der Waals surface area contributed by atoms with Gasteiger partial charge in [0.15, 0.2) is 0 Å². The third-order valence-corrected chi connectivity index (χ3v) is 2.31. The van der Waals surface area contributed by atoms with Crippen molar-refractivity contribution >= 4 is 6.29 Å². The molecule has 1 aromatic rings. The minimum Gasteiger partial charge on any atom is -0.511 e.